The number of aryl methyl sites for hydroxylation is 1. The van der Waals surface area contributed by atoms with Crippen molar-refractivity contribution in [1.82, 2.24) is 15.2 Å². The number of carbonyl (C=O) groups excluding carboxylic acids is 1. The molecule has 1 unspecified atom stereocenters. The maximum atomic E-state index is 11.5. The van der Waals surface area contributed by atoms with Crippen LogP contribution in [0, 0.1) is 6.92 Å². The first-order chi connectivity index (χ1) is 7.50. The van der Waals surface area contributed by atoms with Gasteiger partial charge in [-0.1, -0.05) is 0 Å². The summed E-state index contributed by atoms with van der Waals surface area (Å²) in [5.74, 6) is 0.106. The van der Waals surface area contributed by atoms with Gasteiger partial charge in [-0.05, 0) is 13.8 Å². The fourth-order valence-electron chi connectivity index (χ4n) is 1.41. The Kier molecular flexibility index (Phi) is 4.89. The largest absolute Gasteiger partial charge is 0.347 e. The minimum absolute atomic E-state index is 0.106. The Hall–Kier alpha value is -0.940. The van der Waals surface area contributed by atoms with Gasteiger partial charge in [0.05, 0.1) is 16.7 Å². The van der Waals surface area contributed by atoms with Gasteiger partial charge in [0.2, 0.25) is 5.91 Å². The molecule has 4 nitrogen and oxygen atoms in total. The number of rotatable bonds is 5. The zero-order chi connectivity index (χ0) is 12.1. The number of likely N-dealkylation sites (N-methyl/N-ethyl adjacent to an activating group) is 1. The van der Waals surface area contributed by atoms with Crippen molar-refractivity contribution in [2.45, 2.75) is 26.3 Å². The average molecular weight is 241 g/mol. The van der Waals surface area contributed by atoms with Crippen LogP contribution >= 0.6 is 11.3 Å². The van der Waals surface area contributed by atoms with Crippen LogP contribution in [0.3, 0.4) is 0 Å². The zero-order valence-corrected chi connectivity index (χ0v) is 11.1. The zero-order valence-electron chi connectivity index (χ0n) is 10.3. The molecular weight excluding hydrogens is 222 g/mol. The Labute approximate surface area is 101 Å². The quantitative estimate of drug-likeness (QED) is 0.838. The van der Waals surface area contributed by atoms with Crippen molar-refractivity contribution in [2.75, 3.05) is 20.6 Å². The maximum absolute atomic E-state index is 11.5. The predicted octanol–water partition coefficient (Wildman–Crippen LogP) is 1.06. The number of nitrogens with one attached hydrogen (secondary N) is 1. The first-order valence-corrected chi connectivity index (χ1v) is 6.24. The van der Waals surface area contributed by atoms with Crippen LogP contribution in [0.2, 0.25) is 0 Å². The molecule has 1 aromatic rings. The molecule has 90 valence electrons. The van der Waals surface area contributed by atoms with Crippen molar-refractivity contribution in [3.63, 3.8) is 0 Å². The lowest BCUT2D eigenvalue weighted by molar-refractivity contribution is -0.130. The molecule has 0 aromatic carbocycles. The summed E-state index contributed by atoms with van der Waals surface area (Å²) in [6.45, 7) is 4.67. The van der Waals surface area contributed by atoms with E-state index in [1.807, 2.05) is 13.8 Å². The van der Waals surface area contributed by atoms with Gasteiger partial charge in [-0.25, -0.2) is 4.98 Å². The van der Waals surface area contributed by atoms with Crippen LogP contribution in [-0.4, -0.2) is 42.5 Å². The molecule has 1 aromatic heterocycles. The van der Waals surface area contributed by atoms with E-state index in [0.29, 0.717) is 0 Å². The van der Waals surface area contributed by atoms with Crippen LogP contribution in [0.25, 0.3) is 0 Å². The Balaban J connectivity index is 2.28. The van der Waals surface area contributed by atoms with Gasteiger partial charge >= 0.3 is 0 Å². The molecule has 1 N–H and O–H groups in total. The molecule has 1 rings (SSSR count). The molecule has 0 fully saturated rings. The summed E-state index contributed by atoms with van der Waals surface area (Å²) in [5, 5.41) is 6.35. The highest BCUT2D eigenvalue weighted by Gasteiger charge is 2.13. The number of carbonyl (C=O) groups is 1. The third kappa shape index (κ3) is 3.90. The van der Waals surface area contributed by atoms with Crippen LogP contribution in [0.15, 0.2) is 5.38 Å². The fourth-order valence-corrected chi connectivity index (χ4v) is 2.06. The van der Waals surface area contributed by atoms with E-state index in [9.17, 15) is 4.79 Å². The summed E-state index contributed by atoms with van der Waals surface area (Å²) in [6.07, 6.45) is 0.870. The first kappa shape index (κ1) is 13.1. The number of aromatic nitrogens is 1. The molecule has 5 heteroatoms. The molecule has 0 spiro atoms. The van der Waals surface area contributed by atoms with Crippen molar-refractivity contribution in [2.24, 2.45) is 0 Å². The van der Waals surface area contributed by atoms with Gasteiger partial charge in [-0.15, -0.1) is 11.3 Å². The maximum Gasteiger partial charge on any atom is 0.238 e. The van der Waals surface area contributed by atoms with Crippen LogP contribution in [0.4, 0.5) is 0 Å². The van der Waals surface area contributed by atoms with Crippen LogP contribution < -0.4 is 5.32 Å². The van der Waals surface area contributed by atoms with E-state index in [-0.39, 0.29) is 11.9 Å². The second-order valence-electron chi connectivity index (χ2n) is 4.02. The number of hydrogen-bond acceptors (Lipinski definition) is 4. The van der Waals surface area contributed by atoms with Crippen molar-refractivity contribution in [1.29, 1.82) is 0 Å². The van der Waals surface area contributed by atoms with E-state index in [4.69, 9.17) is 0 Å². The number of nitrogens with zero attached hydrogens (tertiary/aromatic N) is 2. The smallest absolute Gasteiger partial charge is 0.238 e. The molecular formula is C11H19N3OS. The highest BCUT2D eigenvalue weighted by molar-refractivity contribution is 7.09. The third-order valence-electron chi connectivity index (χ3n) is 2.31. The molecule has 1 amide bonds. The average Bonchev–Trinajstić information content (AvgIpc) is 2.62. The summed E-state index contributed by atoms with van der Waals surface area (Å²) >= 11 is 1.66. The van der Waals surface area contributed by atoms with E-state index in [1.54, 1.807) is 30.3 Å². The highest BCUT2D eigenvalue weighted by atomic mass is 32.1. The van der Waals surface area contributed by atoms with Gasteiger partial charge in [0, 0.05) is 32.4 Å². The van der Waals surface area contributed by atoms with Crippen molar-refractivity contribution in [3.05, 3.63) is 16.1 Å². The Morgan fingerprint density at radius 3 is 2.81 bits per heavy atom. The summed E-state index contributed by atoms with van der Waals surface area (Å²) in [6, 6.07) is -0.130. The summed E-state index contributed by atoms with van der Waals surface area (Å²) in [5.41, 5.74) is 1.10. The van der Waals surface area contributed by atoms with E-state index in [0.717, 1.165) is 23.7 Å². The minimum atomic E-state index is -0.130. The summed E-state index contributed by atoms with van der Waals surface area (Å²) in [7, 11) is 3.54. The summed E-state index contributed by atoms with van der Waals surface area (Å²) < 4.78 is 0. The van der Waals surface area contributed by atoms with Gasteiger partial charge in [-0.2, -0.15) is 0 Å². The predicted molar refractivity (Wildman–Crippen MR) is 66.7 cm³/mol. The molecule has 0 bridgehead atoms. The normalized spacial score (nSPS) is 12.5. The van der Waals surface area contributed by atoms with Crippen molar-refractivity contribution in [3.8, 4) is 0 Å². The monoisotopic (exact) mass is 241 g/mol. The molecule has 16 heavy (non-hydrogen) atoms. The lowest BCUT2D eigenvalue weighted by Crippen LogP contribution is -2.42. The lowest BCUT2D eigenvalue weighted by Gasteiger charge is -2.17. The van der Waals surface area contributed by atoms with Gasteiger partial charge in [0.15, 0.2) is 0 Å². The van der Waals surface area contributed by atoms with Gasteiger partial charge in [0.1, 0.15) is 0 Å². The van der Waals surface area contributed by atoms with Crippen molar-refractivity contribution >= 4 is 17.2 Å². The number of thiazole rings is 1. The molecule has 0 aliphatic carbocycles. The molecule has 0 radical (unpaired) electrons. The molecule has 0 aliphatic rings. The van der Waals surface area contributed by atoms with Gasteiger partial charge in [0.25, 0.3) is 0 Å². The standard InChI is InChI=1S/C11H19N3OS/c1-8(11(15)14(3)4)12-6-5-10-7-16-9(2)13-10/h7-8,12H,5-6H2,1-4H3. The van der Waals surface area contributed by atoms with Crippen molar-refractivity contribution < 1.29 is 4.79 Å². The van der Waals surface area contributed by atoms with Crippen LogP contribution in [0.5, 0.6) is 0 Å². The summed E-state index contributed by atoms with van der Waals surface area (Å²) in [4.78, 5) is 17.5. The second kappa shape index (κ2) is 5.96. The molecule has 1 atom stereocenters. The molecule has 0 saturated heterocycles. The number of hydrogen-bond donors (Lipinski definition) is 1. The second-order valence-corrected chi connectivity index (χ2v) is 5.08. The van der Waals surface area contributed by atoms with E-state index >= 15 is 0 Å². The molecule has 1 heterocycles. The Morgan fingerprint density at radius 1 is 1.62 bits per heavy atom. The molecule has 0 saturated carbocycles. The van der Waals surface area contributed by atoms with E-state index < -0.39 is 0 Å². The molecule has 0 aliphatic heterocycles. The minimum Gasteiger partial charge on any atom is -0.347 e. The fraction of sp³-hybridized carbons (Fsp3) is 0.636. The van der Waals surface area contributed by atoms with E-state index in [1.165, 1.54) is 0 Å². The first-order valence-electron chi connectivity index (χ1n) is 5.36. The Bertz CT molecular complexity index is 349. The lowest BCUT2D eigenvalue weighted by atomic mass is 10.2. The van der Waals surface area contributed by atoms with Gasteiger partial charge < -0.3 is 10.2 Å². The van der Waals surface area contributed by atoms with Gasteiger partial charge in [-0.3, -0.25) is 4.79 Å². The SMILES string of the molecule is Cc1nc(CCNC(C)C(=O)N(C)C)cs1. The third-order valence-corrected chi connectivity index (χ3v) is 3.13. The van der Waals surface area contributed by atoms with Crippen LogP contribution in [-0.2, 0) is 11.2 Å². The van der Waals surface area contributed by atoms with Crippen LogP contribution in [0.1, 0.15) is 17.6 Å². The highest BCUT2D eigenvalue weighted by Crippen LogP contribution is 2.07. The topological polar surface area (TPSA) is 45.2 Å². The van der Waals surface area contributed by atoms with E-state index in [2.05, 4.69) is 15.7 Å². The number of amides is 1. The Morgan fingerprint density at radius 2 is 2.31 bits per heavy atom.